The van der Waals surface area contributed by atoms with Gasteiger partial charge in [0.2, 0.25) is 0 Å². The lowest BCUT2D eigenvalue weighted by Gasteiger charge is -2.36. The Morgan fingerprint density at radius 3 is 1.79 bits per heavy atom. The second kappa shape index (κ2) is 18.9. The van der Waals surface area contributed by atoms with Crippen LogP contribution in [0.5, 0.6) is 0 Å². The molecule has 3 nitrogen and oxygen atoms in total. The third-order valence-electron chi connectivity index (χ3n) is 7.41. The molecule has 3 atom stereocenters. The summed E-state index contributed by atoms with van der Waals surface area (Å²) in [7, 11) is 0. The molecule has 1 aliphatic heterocycles. The van der Waals surface area contributed by atoms with Crippen molar-refractivity contribution in [2.24, 2.45) is 5.92 Å². The largest absolute Gasteiger partial charge is 0.461 e. The zero-order chi connectivity index (χ0) is 24.3. The summed E-state index contributed by atoms with van der Waals surface area (Å²) in [6, 6.07) is 10.4. The number of hydrogen-bond acceptors (Lipinski definition) is 3. The summed E-state index contributed by atoms with van der Waals surface area (Å²) in [5, 5.41) is 0. The van der Waals surface area contributed by atoms with Gasteiger partial charge in [-0.2, -0.15) is 0 Å². The van der Waals surface area contributed by atoms with Crippen LogP contribution in [0.4, 0.5) is 0 Å². The number of carbonyl (C=O) groups excluding carboxylic acids is 1. The van der Waals surface area contributed by atoms with E-state index < -0.39 is 0 Å². The van der Waals surface area contributed by atoms with E-state index in [0.29, 0.717) is 6.61 Å². The molecule has 1 fully saturated rings. The lowest BCUT2D eigenvalue weighted by Crippen LogP contribution is -2.46. The molecule has 1 heterocycles. The first-order valence-corrected chi connectivity index (χ1v) is 14.6. The molecule has 0 N–H and O–H groups in total. The fraction of sp³-hybridized carbons (Fsp3) is 0.774. The van der Waals surface area contributed by atoms with Gasteiger partial charge in [0.1, 0.15) is 6.10 Å². The van der Waals surface area contributed by atoms with Crippen LogP contribution in [-0.4, -0.2) is 18.2 Å². The Morgan fingerprint density at radius 2 is 1.29 bits per heavy atom. The molecule has 1 saturated heterocycles. The summed E-state index contributed by atoms with van der Waals surface area (Å²) in [5.74, 6) is 0.0465. The molecule has 2 rings (SSSR count). The van der Waals surface area contributed by atoms with Gasteiger partial charge < -0.3 is 9.47 Å². The predicted octanol–water partition coefficient (Wildman–Crippen LogP) is 9.18. The first kappa shape index (κ1) is 28.9. The highest BCUT2D eigenvalue weighted by atomic mass is 16.6. The molecule has 0 saturated carbocycles. The quantitative estimate of drug-likeness (QED) is 0.125. The van der Waals surface area contributed by atoms with Crippen molar-refractivity contribution in [3.63, 3.8) is 0 Å². The van der Waals surface area contributed by atoms with Gasteiger partial charge in [-0.25, -0.2) is 0 Å². The van der Waals surface area contributed by atoms with Crippen LogP contribution in [0, 0.1) is 5.92 Å². The molecular weight excluding hydrogens is 420 g/mol. The minimum absolute atomic E-state index is 0.0266. The van der Waals surface area contributed by atoms with E-state index in [9.17, 15) is 4.79 Å². The van der Waals surface area contributed by atoms with E-state index in [2.05, 4.69) is 38.1 Å². The number of cyclic esters (lactones) is 1. The SMILES string of the molecule is CCCCCCCCCCCCCCCCC[C@H](C[C@@H]1OC(=O)[C@H]1CC)OCc1ccccc1. The van der Waals surface area contributed by atoms with Crippen molar-refractivity contribution >= 4 is 5.97 Å². The number of ether oxygens (including phenoxy) is 2. The summed E-state index contributed by atoms with van der Waals surface area (Å²) in [4.78, 5) is 11.7. The predicted molar refractivity (Wildman–Crippen MR) is 143 cm³/mol. The normalized spacial score (nSPS) is 18.5. The van der Waals surface area contributed by atoms with Crippen LogP contribution in [0.2, 0.25) is 0 Å². The number of benzene rings is 1. The van der Waals surface area contributed by atoms with E-state index in [1.54, 1.807) is 0 Å². The second-order valence-corrected chi connectivity index (χ2v) is 10.4. The van der Waals surface area contributed by atoms with Crippen LogP contribution < -0.4 is 0 Å². The van der Waals surface area contributed by atoms with Crippen LogP contribution in [-0.2, 0) is 20.9 Å². The molecule has 1 aliphatic rings. The smallest absolute Gasteiger partial charge is 0.313 e. The van der Waals surface area contributed by atoms with Gasteiger partial charge >= 0.3 is 5.97 Å². The minimum atomic E-state index is -0.0266. The van der Waals surface area contributed by atoms with Crippen LogP contribution in [0.3, 0.4) is 0 Å². The molecule has 34 heavy (non-hydrogen) atoms. The Balaban J connectivity index is 1.50. The number of esters is 1. The first-order chi connectivity index (χ1) is 16.7. The molecule has 1 aromatic carbocycles. The molecule has 0 radical (unpaired) electrons. The Morgan fingerprint density at radius 1 is 0.765 bits per heavy atom. The van der Waals surface area contributed by atoms with E-state index in [0.717, 1.165) is 19.3 Å². The summed E-state index contributed by atoms with van der Waals surface area (Å²) >= 11 is 0. The maximum absolute atomic E-state index is 11.7. The van der Waals surface area contributed by atoms with Gasteiger partial charge in [-0.05, 0) is 18.4 Å². The van der Waals surface area contributed by atoms with Gasteiger partial charge in [-0.1, -0.05) is 140 Å². The highest BCUT2D eigenvalue weighted by Gasteiger charge is 2.41. The molecule has 3 heteroatoms. The van der Waals surface area contributed by atoms with Crippen LogP contribution in [0.1, 0.15) is 135 Å². The standard InChI is InChI=1S/C31H52O3/c1-3-5-6-7-8-9-10-11-12-13-14-15-16-17-21-24-28(25-30-29(4-2)31(32)34-30)33-26-27-22-19-18-20-23-27/h18-20,22-23,28-30H,3-17,21,24-26H2,1-2H3/t28-,29+,30+/m1/s1. The topological polar surface area (TPSA) is 35.5 Å². The van der Waals surface area contributed by atoms with Gasteiger partial charge in [0.25, 0.3) is 0 Å². The van der Waals surface area contributed by atoms with Crippen molar-refractivity contribution in [1.82, 2.24) is 0 Å². The van der Waals surface area contributed by atoms with Gasteiger partial charge in [0, 0.05) is 6.42 Å². The van der Waals surface area contributed by atoms with Crippen molar-refractivity contribution in [1.29, 1.82) is 0 Å². The van der Waals surface area contributed by atoms with Crippen LogP contribution in [0.15, 0.2) is 30.3 Å². The van der Waals surface area contributed by atoms with Crippen LogP contribution >= 0.6 is 0 Å². The number of hydrogen-bond donors (Lipinski definition) is 0. The van der Waals surface area contributed by atoms with E-state index in [-0.39, 0.29) is 24.1 Å². The highest BCUT2D eigenvalue weighted by Crippen LogP contribution is 2.31. The van der Waals surface area contributed by atoms with Crippen molar-refractivity contribution < 1.29 is 14.3 Å². The Labute approximate surface area is 210 Å². The summed E-state index contributed by atoms with van der Waals surface area (Å²) in [6.07, 6.45) is 23.8. The van der Waals surface area contributed by atoms with Gasteiger partial charge in [0.05, 0.1) is 18.6 Å². The monoisotopic (exact) mass is 472 g/mol. The van der Waals surface area contributed by atoms with Gasteiger partial charge in [-0.3, -0.25) is 4.79 Å². The van der Waals surface area contributed by atoms with E-state index >= 15 is 0 Å². The minimum Gasteiger partial charge on any atom is -0.461 e. The van der Waals surface area contributed by atoms with Crippen molar-refractivity contribution in [3.8, 4) is 0 Å². The summed E-state index contributed by atoms with van der Waals surface area (Å²) < 4.78 is 11.7. The lowest BCUT2D eigenvalue weighted by molar-refractivity contribution is -0.189. The molecule has 0 aromatic heterocycles. The molecular formula is C31H52O3. The first-order valence-electron chi connectivity index (χ1n) is 14.6. The maximum atomic E-state index is 11.7. The molecule has 0 bridgehead atoms. The van der Waals surface area contributed by atoms with Gasteiger partial charge in [-0.15, -0.1) is 0 Å². The lowest BCUT2D eigenvalue weighted by atomic mass is 9.89. The van der Waals surface area contributed by atoms with E-state index in [4.69, 9.17) is 9.47 Å². The fourth-order valence-electron chi connectivity index (χ4n) is 5.10. The van der Waals surface area contributed by atoms with Crippen molar-refractivity contribution in [2.45, 2.75) is 148 Å². The molecule has 0 spiro atoms. The fourth-order valence-corrected chi connectivity index (χ4v) is 5.10. The van der Waals surface area contributed by atoms with E-state index in [1.165, 1.54) is 102 Å². The zero-order valence-corrected chi connectivity index (χ0v) is 22.3. The average molecular weight is 473 g/mol. The number of rotatable bonds is 22. The average Bonchev–Trinajstić information content (AvgIpc) is 2.85. The Kier molecular flexibility index (Phi) is 16.1. The number of carbonyl (C=O) groups is 1. The molecule has 0 unspecified atom stereocenters. The van der Waals surface area contributed by atoms with Crippen molar-refractivity contribution in [3.05, 3.63) is 35.9 Å². The maximum Gasteiger partial charge on any atom is 0.313 e. The molecule has 0 amide bonds. The van der Waals surface area contributed by atoms with Crippen LogP contribution in [0.25, 0.3) is 0 Å². The van der Waals surface area contributed by atoms with Gasteiger partial charge in [0.15, 0.2) is 0 Å². The molecule has 194 valence electrons. The molecule has 1 aromatic rings. The molecule has 0 aliphatic carbocycles. The van der Waals surface area contributed by atoms with E-state index in [1.807, 2.05) is 6.07 Å². The highest BCUT2D eigenvalue weighted by molar-refractivity contribution is 5.78. The summed E-state index contributed by atoms with van der Waals surface area (Å²) in [5.41, 5.74) is 1.21. The third kappa shape index (κ3) is 12.4. The zero-order valence-electron chi connectivity index (χ0n) is 22.3. The number of unbranched alkanes of at least 4 members (excludes halogenated alkanes) is 14. The van der Waals surface area contributed by atoms with Crippen molar-refractivity contribution in [2.75, 3.05) is 0 Å². The third-order valence-corrected chi connectivity index (χ3v) is 7.41. The Hall–Kier alpha value is -1.35. The summed E-state index contributed by atoms with van der Waals surface area (Å²) in [6.45, 7) is 5.00. The Bertz CT molecular complexity index is 614. The second-order valence-electron chi connectivity index (χ2n) is 10.4.